The van der Waals surface area contributed by atoms with Crippen LogP contribution in [0.1, 0.15) is 17.1 Å². The third kappa shape index (κ3) is 4.86. The maximum Gasteiger partial charge on any atom is 0.343 e. The van der Waals surface area contributed by atoms with Gasteiger partial charge in [0.25, 0.3) is 0 Å². The van der Waals surface area contributed by atoms with Gasteiger partial charge in [0, 0.05) is 39.6 Å². The van der Waals surface area contributed by atoms with Crippen molar-refractivity contribution in [3.8, 4) is 6.07 Å². The predicted octanol–water partition coefficient (Wildman–Crippen LogP) is 1.42. The molecule has 1 aliphatic rings. The number of carbonyl (C=O) groups is 1. The average molecular weight is 454 g/mol. The molecule has 0 radical (unpaired) electrons. The van der Waals surface area contributed by atoms with Gasteiger partial charge in [0.15, 0.2) is 11.0 Å². The molecule has 4 rings (SSSR count). The molecule has 1 saturated heterocycles. The van der Waals surface area contributed by atoms with Crippen LogP contribution < -0.4 is 10.6 Å². The van der Waals surface area contributed by atoms with Crippen LogP contribution in [-0.2, 0) is 17.8 Å². The zero-order valence-electron chi connectivity index (χ0n) is 17.7. The standard InChI is InChI=1S/C21H23N7O3S/c1-15-23-17(13-22)19(31-15)27-11-9-26(10-12-27)18(29)14-32-21-25-24-20(30)28(21)8-7-16-5-3-2-4-6-16/h2-6H,7-12,14H2,1H3,(H,24,30). The van der Waals surface area contributed by atoms with E-state index in [1.54, 1.807) is 16.4 Å². The van der Waals surface area contributed by atoms with Crippen molar-refractivity contribution in [2.75, 3.05) is 36.8 Å². The van der Waals surface area contributed by atoms with Gasteiger partial charge in [-0.3, -0.25) is 9.36 Å². The molecule has 0 saturated carbocycles. The number of aromatic nitrogens is 4. The molecule has 0 unspecified atom stereocenters. The molecule has 0 atom stereocenters. The molecule has 32 heavy (non-hydrogen) atoms. The van der Waals surface area contributed by atoms with E-state index in [-0.39, 0.29) is 23.0 Å². The molecule has 1 fully saturated rings. The second-order valence-electron chi connectivity index (χ2n) is 7.35. The van der Waals surface area contributed by atoms with Crippen molar-refractivity contribution >= 4 is 23.6 Å². The van der Waals surface area contributed by atoms with E-state index in [0.717, 1.165) is 5.56 Å². The Kier molecular flexibility index (Phi) is 6.61. The number of carbonyl (C=O) groups excluding carboxylic acids is 1. The van der Waals surface area contributed by atoms with Crippen molar-refractivity contribution in [1.82, 2.24) is 24.6 Å². The Hall–Kier alpha value is -3.52. The summed E-state index contributed by atoms with van der Waals surface area (Å²) in [5, 5.41) is 16.3. The number of oxazole rings is 1. The number of hydrogen-bond donors (Lipinski definition) is 1. The van der Waals surface area contributed by atoms with E-state index in [1.807, 2.05) is 41.3 Å². The third-order valence-electron chi connectivity index (χ3n) is 5.26. The molecule has 0 aliphatic carbocycles. The number of nitrogens with zero attached hydrogens (tertiary/aromatic N) is 6. The summed E-state index contributed by atoms with van der Waals surface area (Å²) in [7, 11) is 0. The number of amides is 1. The Balaban J connectivity index is 1.30. The molecule has 166 valence electrons. The number of anilines is 1. The summed E-state index contributed by atoms with van der Waals surface area (Å²) in [6.45, 7) is 4.35. The van der Waals surface area contributed by atoms with Crippen LogP contribution in [0.5, 0.6) is 0 Å². The summed E-state index contributed by atoms with van der Waals surface area (Å²) in [5.41, 5.74) is 1.12. The SMILES string of the molecule is Cc1nc(C#N)c(N2CCN(C(=O)CSc3n[nH]c(=O)n3CCc3ccccc3)CC2)o1. The molecule has 1 amide bonds. The highest BCUT2D eigenvalue weighted by molar-refractivity contribution is 7.99. The predicted molar refractivity (Wildman–Crippen MR) is 118 cm³/mol. The Bertz CT molecular complexity index is 1170. The van der Waals surface area contributed by atoms with E-state index in [2.05, 4.69) is 15.2 Å². The van der Waals surface area contributed by atoms with Crippen LogP contribution in [-0.4, -0.2) is 62.5 Å². The van der Waals surface area contributed by atoms with Crippen molar-refractivity contribution in [2.24, 2.45) is 0 Å². The molecule has 10 nitrogen and oxygen atoms in total. The lowest BCUT2D eigenvalue weighted by molar-refractivity contribution is -0.128. The molecule has 2 aromatic heterocycles. The second kappa shape index (κ2) is 9.74. The topological polar surface area (TPSA) is 124 Å². The van der Waals surface area contributed by atoms with E-state index >= 15 is 0 Å². The molecule has 3 heterocycles. The maximum absolute atomic E-state index is 12.7. The summed E-state index contributed by atoms with van der Waals surface area (Å²) in [4.78, 5) is 32.6. The molecular formula is C21H23N7O3S. The van der Waals surface area contributed by atoms with E-state index in [0.29, 0.717) is 56.1 Å². The largest absolute Gasteiger partial charge is 0.424 e. The number of benzene rings is 1. The van der Waals surface area contributed by atoms with Crippen LogP contribution >= 0.6 is 11.8 Å². The van der Waals surface area contributed by atoms with Crippen molar-refractivity contribution in [1.29, 1.82) is 5.26 Å². The number of aryl methyl sites for hydroxylation is 2. The number of rotatable bonds is 7. The quantitative estimate of drug-likeness (QED) is 0.533. The Morgan fingerprint density at radius 3 is 2.72 bits per heavy atom. The highest BCUT2D eigenvalue weighted by atomic mass is 32.2. The molecule has 0 spiro atoms. The lowest BCUT2D eigenvalue weighted by Gasteiger charge is -2.34. The fourth-order valence-corrected chi connectivity index (χ4v) is 4.45. The van der Waals surface area contributed by atoms with Crippen LogP contribution in [0.3, 0.4) is 0 Å². The minimum atomic E-state index is -0.278. The Morgan fingerprint density at radius 1 is 1.25 bits per heavy atom. The van der Waals surface area contributed by atoms with Crippen molar-refractivity contribution in [3.63, 3.8) is 0 Å². The molecule has 3 aromatic rings. The molecule has 1 aromatic carbocycles. The first-order chi connectivity index (χ1) is 15.5. The fourth-order valence-electron chi connectivity index (χ4n) is 3.58. The fraction of sp³-hybridized carbons (Fsp3) is 0.381. The van der Waals surface area contributed by atoms with E-state index in [9.17, 15) is 14.9 Å². The highest BCUT2D eigenvalue weighted by Gasteiger charge is 2.26. The number of piperazine rings is 1. The minimum Gasteiger partial charge on any atom is -0.424 e. The van der Waals surface area contributed by atoms with E-state index < -0.39 is 0 Å². The maximum atomic E-state index is 12.7. The van der Waals surface area contributed by atoms with Gasteiger partial charge >= 0.3 is 5.69 Å². The van der Waals surface area contributed by atoms with Gasteiger partial charge in [0.2, 0.25) is 17.5 Å². The van der Waals surface area contributed by atoms with Crippen LogP contribution in [0.25, 0.3) is 0 Å². The second-order valence-corrected chi connectivity index (χ2v) is 8.30. The van der Waals surface area contributed by atoms with Crippen molar-refractivity contribution in [2.45, 2.75) is 25.0 Å². The van der Waals surface area contributed by atoms with Gasteiger partial charge in [0.1, 0.15) is 6.07 Å². The van der Waals surface area contributed by atoms with Gasteiger partial charge in [-0.25, -0.2) is 14.9 Å². The lowest BCUT2D eigenvalue weighted by atomic mass is 10.1. The monoisotopic (exact) mass is 453 g/mol. The molecule has 1 aliphatic heterocycles. The minimum absolute atomic E-state index is 0.0195. The van der Waals surface area contributed by atoms with Crippen molar-refractivity contribution in [3.05, 3.63) is 58.0 Å². The summed E-state index contributed by atoms with van der Waals surface area (Å²) in [6.07, 6.45) is 0.704. The molecule has 0 bridgehead atoms. The first-order valence-electron chi connectivity index (χ1n) is 10.3. The average Bonchev–Trinajstić information content (AvgIpc) is 3.38. The molecule has 1 N–H and O–H groups in total. The number of hydrogen-bond acceptors (Lipinski definition) is 8. The zero-order chi connectivity index (χ0) is 22.5. The number of nitriles is 1. The van der Waals surface area contributed by atoms with Gasteiger partial charge in [-0.05, 0) is 12.0 Å². The Morgan fingerprint density at radius 2 is 2.00 bits per heavy atom. The number of H-pyrrole nitrogens is 1. The van der Waals surface area contributed by atoms with Crippen LogP contribution in [0.4, 0.5) is 5.88 Å². The summed E-state index contributed by atoms with van der Waals surface area (Å²) in [5.74, 6) is 1.09. The first kappa shape index (κ1) is 21.7. The third-order valence-corrected chi connectivity index (χ3v) is 6.22. The van der Waals surface area contributed by atoms with Gasteiger partial charge in [-0.1, -0.05) is 42.1 Å². The molecular weight excluding hydrogens is 430 g/mol. The Labute approximate surface area is 188 Å². The zero-order valence-corrected chi connectivity index (χ0v) is 18.5. The lowest BCUT2D eigenvalue weighted by Crippen LogP contribution is -2.49. The van der Waals surface area contributed by atoms with Crippen LogP contribution in [0.15, 0.2) is 44.7 Å². The molecule has 11 heteroatoms. The first-order valence-corrected chi connectivity index (χ1v) is 11.3. The van der Waals surface area contributed by atoms with Crippen molar-refractivity contribution < 1.29 is 9.21 Å². The summed E-state index contributed by atoms with van der Waals surface area (Å²) < 4.78 is 7.13. The van der Waals surface area contributed by atoms with Gasteiger partial charge in [-0.2, -0.15) is 5.26 Å². The summed E-state index contributed by atoms with van der Waals surface area (Å²) in [6, 6.07) is 12.0. The van der Waals surface area contributed by atoms with E-state index in [4.69, 9.17) is 4.42 Å². The number of nitrogens with one attached hydrogen (secondary N) is 1. The van der Waals surface area contributed by atoms with Gasteiger partial charge < -0.3 is 14.2 Å². The van der Waals surface area contributed by atoms with Crippen LogP contribution in [0.2, 0.25) is 0 Å². The highest BCUT2D eigenvalue weighted by Crippen LogP contribution is 2.23. The summed E-state index contributed by atoms with van der Waals surface area (Å²) >= 11 is 1.26. The number of thioether (sulfide) groups is 1. The smallest absolute Gasteiger partial charge is 0.343 e. The van der Waals surface area contributed by atoms with Crippen LogP contribution in [0, 0.1) is 18.3 Å². The van der Waals surface area contributed by atoms with Gasteiger partial charge in [0.05, 0.1) is 5.75 Å². The normalized spacial score (nSPS) is 13.9. The number of aromatic amines is 1. The van der Waals surface area contributed by atoms with E-state index in [1.165, 1.54) is 11.8 Å². The van der Waals surface area contributed by atoms with Gasteiger partial charge in [-0.15, -0.1) is 5.10 Å².